The highest BCUT2D eigenvalue weighted by atomic mass is 35.5. The van der Waals surface area contributed by atoms with Crippen molar-refractivity contribution in [3.8, 4) is 11.1 Å². The summed E-state index contributed by atoms with van der Waals surface area (Å²) in [5.41, 5.74) is 2.31. The maximum Gasteiger partial charge on any atom is 0.269 e. The van der Waals surface area contributed by atoms with Crippen LogP contribution >= 0.6 is 30.7 Å². The summed E-state index contributed by atoms with van der Waals surface area (Å²) in [7, 11) is -1.25. The maximum absolute atomic E-state index is 12.7. The first-order valence-electron chi connectivity index (χ1n) is 11.0. The van der Waals surface area contributed by atoms with Crippen molar-refractivity contribution in [1.29, 1.82) is 0 Å². The molecule has 1 unspecified atom stereocenters. The van der Waals surface area contributed by atoms with Gasteiger partial charge in [0.15, 0.2) is 0 Å². The monoisotopic (exact) mass is 500 g/mol. The van der Waals surface area contributed by atoms with Gasteiger partial charge >= 0.3 is 0 Å². The van der Waals surface area contributed by atoms with Crippen LogP contribution in [0.25, 0.3) is 11.1 Å². The predicted molar refractivity (Wildman–Crippen MR) is 137 cm³/mol. The fraction of sp³-hybridized carbons (Fsp3) is 0.458. The second-order valence-electron chi connectivity index (χ2n) is 6.93. The molecule has 2 aromatic rings. The topological polar surface area (TPSA) is 58.6 Å². The molecule has 1 atom stereocenters. The molecule has 0 spiro atoms. The summed E-state index contributed by atoms with van der Waals surface area (Å²) in [5, 5.41) is 4.18. The van der Waals surface area contributed by atoms with Crippen LogP contribution in [-0.4, -0.2) is 43.5 Å². The number of nitrogens with one attached hydrogen (secondary N) is 1. The molecule has 1 N–H and O–H groups in total. The highest BCUT2D eigenvalue weighted by Gasteiger charge is 2.30. The molecule has 0 radical (unpaired) electrons. The van der Waals surface area contributed by atoms with E-state index < -0.39 is 7.52 Å². The van der Waals surface area contributed by atoms with Crippen molar-refractivity contribution in [3.63, 3.8) is 0 Å². The van der Waals surface area contributed by atoms with Crippen molar-refractivity contribution in [3.05, 3.63) is 58.1 Å². The molecule has 5 nitrogen and oxygen atoms in total. The van der Waals surface area contributed by atoms with Crippen molar-refractivity contribution in [2.24, 2.45) is 0 Å². The Balaban J connectivity index is 0.00000121. The zero-order valence-electron chi connectivity index (χ0n) is 19.8. The maximum atomic E-state index is 12.7. The lowest BCUT2D eigenvalue weighted by Gasteiger charge is -2.34. The fourth-order valence-electron chi connectivity index (χ4n) is 3.32. The van der Waals surface area contributed by atoms with Crippen molar-refractivity contribution in [2.75, 3.05) is 26.9 Å². The highest BCUT2D eigenvalue weighted by molar-refractivity contribution is 7.55. The van der Waals surface area contributed by atoms with Crippen LogP contribution < -0.4 is 5.32 Å². The number of amides is 1. The second kappa shape index (κ2) is 14.0. The Hall–Kier alpha value is -1.36. The van der Waals surface area contributed by atoms with Gasteiger partial charge in [-0.15, -0.1) is 0 Å². The van der Waals surface area contributed by atoms with Gasteiger partial charge in [0.2, 0.25) is 0 Å². The molecule has 1 heterocycles. The molecule has 1 amide bonds. The van der Waals surface area contributed by atoms with Crippen LogP contribution in [0.4, 0.5) is 0 Å². The van der Waals surface area contributed by atoms with E-state index in [-0.39, 0.29) is 11.9 Å². The molecule has 1 fully saturated rings. The van der Waals surface area contributed by atoms with E-state index in [4.69, 9.17) is 27.7 Å². The quantitative estimate of drug-likeness (QED) is 0.435. The molecule has 0 aromatic heterocycles. The van der Waals surface area contributed by atoms with Crippen LogP contribution in [0, 0.1) is 0 Å². The molecular formula is C24H35Cl2N2O3P. The van der Waals surface area contributed by atoms with Crippen molar-refractivity contribution in [1.82, 2.24) is 9.99 Å². The van der Waals surface area contributed by atoms with E-state index in [1.165, 1.54) is 7.11 Å². The van der Waals surface area contributed by atoms with Crippen LogP contribution in [0.3, 0.4) is 0 Å². The Morgan fingerprint density at radius 2 is 1.56 bits per heavy atom. The van der Waals surface area contributed by atoms with Gasteiger partial charge in [-0.3, -0.25) is 9.36 Å². The van der Waals surface area contributed by atoms with E-state index in [0.29, 0.717) is 28.7 Å². The highest BCUT2D eigenvalue weighted by Crippen LogP contribution is 2.47. The minimum Gasteiger partial charge on any atom is -0.349 e. The number of halogens is 2. The van der Waals surface area contributed by atoms with Crippen LogP contribution in [0.1, 0.15) is 50.9 Å². The molecule has 0 saturated carbocycles. The molecule has 1 aliphatic rings. The minimum absolute atomic E-state index is 0.0462. The van der Waals surface area contributed by atoms with Gasteiger partial charge in [0.1, 0.15) is 0 Å². The van der Waals surface area contributed by atoms with E-state index in [2.05, 4.69) is 5.32 Å². The third kappa shape index (κ3) is 8.20. The van der Waals surface area contributed by atoms with Gasteiger partial charge in [0, 0.05) is 48.5 Å². The average molecular weight is 501 g/mol. The summed E-state index contributed by atoms with van der Waals surface area (Å²) in [4.78, 5) is 12.7. The lowest BCUT2D eigenvalue weighted by atomic mass is 10.0. The normalized spacial score (nSPS) is 16.0. The Morgan fingerprint density at radius 1 is 1.00 bits per heavy atom. The van der Waals surface area contributed by atoms with Gasteiger partial charge in [-0.2, -0.15) is 0 Å². The van der Waals surface area contributed by atoms with Gasteiger partial charge < -0.3 is 9.84 Å². The van der Waals surface area contributed by atoms with E-state index in [1.54, 1.807) is 18.8 Å². The Labute approximate surface area is 202 Å². The number of nitrogens with zero attached hydrogens (tertiary/aromatic N) is 1. The second-order valence-corrected chi connectivity index (χ2v) is 10.3. The van der Waals surface area contributed by atoms with Gasteiger partial charge in [0.05, 0.1) is 0 Å². The summed E-state index contributed by atoms with van der Waals surface area (Å²) >= 11 is 12.2. The van der Waals surface area contributed by atoms with Gasteiger partial charge in [-0.1, -0.05) is 63.0 Å². The molecule has 1 saturated heterocycles. The minimum atomic E-state index is -2.72. The van der Waals surface area contributed by atoms with Crippen LogP contribution in [0.2, 0.25) is 10.0 Å². The average Bonchev–Trinajstić information content (AvgIpc) is 2.81. The molecule has 0 aliphatic carbocycles. The zero-order valence-corrected chi connectivity index (χ0v) is 22.2. The molecule has 3 rings (SSSR count). The number of rotatable bonds is 5. The van der Waals surface area contributed by atoms with Crippen LogP contribution in [0.15, 0.2) is 42.5 Å². The molecule has 2 aromatic carbocycles. The Morgan fingerprint density at radius 3 is 2.09 bits per heavy atom. The van der Waals surface area contributed by atoms with Crippen molar-refractivity contribution < 1.29 is 13.9 Å². The smallest absolute Gasteiger partial charge is 0.269 e. The van der Waals surface area contributed by atoms with Crippen molar-refractivity contribution >= 4 is 36.6 Å². The summed E-state index contributed by atoms with van der Waals surface area (Å²) in [5.74, 6) is -0.125. The van der Waals surface area contributed by atoms with E-state index >= 15 is 0 Å². The number of piperidine rings is 1. The first-order valence-corrected chi connectivity index (χ1v) is 13.8. The molecule has 178 valence electrons. The van der Waals surface area contributed by atoms with E-state index in [0.717, 1.165) is 24.0 Å². The lowest BCUT2D eigenvalue weighted by Crippen LogP contribution is -2.43. The molecule has 8 heteroatoms. The first-order chi connectivity index (χ1) is 15.3. The molecular weight excluding hydrogens is 466 g/mol. The van der Waals surface area contributed by atoms with E-state index in [1.807, 2.05) is 62.7 Å². The van der Waals surface area contributed by atoms with Gasteiger partial charge in [0.25, 0.3) is 13.4 Å². The van der Waals surface area contributed by atoms with E-state index in [9.17, 15) is 9.36 Å². The summed E-state index contributed by atoms with van der Waals surface area (Å²) in [6.07, 6.45) is 1.47. The molecule has 1 aliphatic heterocycles. The number of carbonyl (C=O) groups is 1. The number of hydrogen-bond acceptors (Lipinski definition) is 3. The summed E-state index contributed by atoms with van der Waals surface area (Å²) in [6, 6.07) is 12.7. The van der Waals surface area contributed by atoms with Crippen LogP contribution in [-0.2, 0) is 9.09 Å². The summed E-state index contributed by atoms with van der Waals surface area (Å²) in [6.45, 7) is 10.9. The largest absolute Gasteiger partial charge is 0.349 e. The van der Waals surface area contributed by atoms with Crippen LogP contribution in [0.5, 0.6) is 0 Å². The van der Waals surface area contributed by atoms with Gasteiger partial charge in [-0.05, 0) is 54.3 Å². The summed E-state index contributed by atoms with van der Waals surface area (Å²) < 4.78 is 19.3. The molecule has 0 bridgehead atoms. The number of carbonyl (C=O) groups excluding carboxylic acids is 1. The SMILES string of the molecule is CC.CC.COP(C)(=O)N1CCC(NC(=O)c2cccc(-c3cc(Cl)cc(Cl)c3)c2)CC1. The lowest BCUT2D eigenvalue weighted by molar-refractivity contribution is 0.0922. The third-order valence-corrected chi connectivity index (χ3v) is 7.52. The fourth-order valence-corrected chi connectivity index (χ4v) is 5.03. The Kier molecular flexibility index (Phi) is 12.6. The first kappa shape index (κ1) is 28.7. The number of benzene rings is 2. The standard InChI is InChI=1S/C20H23Cl2N2O3P.2C2H6/c1-27-28(2,26)24-8-6-19(7-9-24)23-20(25)15-5-3-4-14(10-15)16-11-17(21)13-18(22)12-16;2*1-2/h3-5,10-13,19H,6-9H2,1-2H3,(H,23,25);2*1-2H3. The van der Waals surface area contributed by atoms with Gasteiger partial charge in [-0.25, -0.2) is 4.67 Å². The predicted octanol–water partition coefficient (Wildman–Crippen LogP) is 7.38. The zero-order chi connectivity index (χ0) is 24.3. The van der Waals surface area contributed by atoms with Crippen molar-refractivity contribution in [2.45, 2.75) is 46.6 Å². The Bertz CT molecular complexity index is 896. The molecule has 32 heavy (non-hydrogen) atoms. The number of hydrogen-bond donors (Lipinski definition) is 1. The third-order valence-electron chi connectivity index (χ3n) is 4.98.